The normalized spacial score (nSPS) is 14.6. The Bertz CT molecular complexity index is 705. The van der Waals surface area contributed by atoms with Gasteiger partial charge in [0, 0.05) is 22.6 Å². The number of benzene rings is 1. The highest BCUT2D eigenvalue weighted by atomic mass is 35.5. The van der Waals surface area contributed by atoms with Crippen LogP contribution in [-0.2, 0) is 6.54 Å². The average Bonchev–Trinajstić information content (AvgIpc) is 3.19. The van der Waals surface area contributed by atoms with E-state index in [9.17, 15) is 9.18 Å². The summed E-state index contributed by atoms with van der Waals surface area (Å²) < 4.78 is 15.3. The molecule has 1 aliphatic carbocycles. The molecular weight excluding hydrogens is 302 g/mol. The van der Waals surface area contributed by atoms with E-state index < -0.39 is 5.82 Å². The molecule has 1 fully saturated rings. The summed E-state index contributed by atoms with van der Waals surface area (Å²) in [5, 5.41) is 0.473. The largest absolute Gasteiger partial charge is 0.292 e. The molecule has 0 saturated heterocycles. The molecule has 0 spiro atoms. The molecule has 0 radical (unpaired) electrons. The Morgan fingerprint density at radius 2 is 2.10 bits per heavy atom. The Hall–Kier alpha value is -1.39. The van der Waals surface area contributed by atoms with Crippen LogP contribution in [0.3, 0.4) is 0 Å². The summed E-state index contributed by atoms with van der Waals surface area (Å²) in [5.41, 5.74) is 0.00788. The van der Waals surface area contributed by atoms with Crippen LogP contribution in [0, 0.1) is 5.82 Å². The quantitative estimate of drug-likeness (QED) is 0.811. The van der Waals surface area contributed by atoms with Gasteiger partial charge in [0.2, 0.25) is 0 Å². The highest BCUT2D eigenvalue weighted by Gasteiger charge is 2.29. The van der Waals surface area contributed by atoms with Gasteiger partial charge in [-0.1, -0.05) is 29.3 Å². The van der Waals surface area contributed by atoms with Crippen LogP contribution in [0.4, 0.5) is 4.39 Å². The summed E-state index contributed by atoms with van der Waals surface area (Å²) in [7, 11) is 0. The maximum Gasteiger partial charge on any atom is 0.255 e. The molecule has 1 aromatic heterocycles. The number of halogens is 3. The number of hydrogen-bond acceptors (Lipinski definition) is 2. The van der Waals surface area contributed by atoms with Crippen molar-refractivity contribution in [3.63, 3.8) is 0 Å². The highest BCUT2D eigenvalue weighted by molar-refractivity contribution is 6.31. The Balaban J connectivity index is 2.09. The molecule has 1 aliphatic rings. The van der Waals surface area contributed by atoms with Crippen LogP contribution in [0.1, 0.15) is 30.1 Å². The molecule has 0 N–H and O–H groups in total. The van der Waals surface area contributed by atoms with Gasteiger partial charge in [-0.05, 0) is 25.0 Å². The lowest BCUT2D eigenvalue weighted by Crippen LogP contribution is -2.25. The fraction of sp³-hybridized carbons (Fsp3) is 0.286. The van der Waals surface area contributed by atoms with Crippen molar-refractivity contribution in [2.75, 3.05) is 0 Å². The van der Waals surface area contributed by atoms with Gasteiger partial charge >= 0.3 is 0 Å². The second kappa shape index (κ2) is 5.19. The molecule has 0 unspecified atom stereocenters. The third kappa shape index (κ3) is 2.58. The topological polar surface area (TPSA) is 34.9 Å². The Morgan fingerprint density at radius 1 is 1.35 bits per heavy atom. The minimum absolute atomic E-state index is 0.0698. The third-order valence-corrected chi connectivity index (χ3v) is 3.87. The smallest absolute Gasteiger partial charge is 0.255 e. The first-order chi connectivity index (χ1) is 9.56. The van der Waals surface area contributed by atoms with Gasteiger partial charge in [0.25, 0.3) is 5.56 Å². The molecule has 1 aromatic carbocycles. The predicted octanol–water partition coefficient (Wildman–Crippen LogP) is 3.61. The van der Waals surface area contributed by atoms with Crippen LogP contribution in [0.25, 0.3) is 0 Å². The van der Waals surface area contributed by atoms with E-state index in [-0.39, 0.29) is 23.2 Å². The summed E-state index contributed by atoms with van der Waals surface area (Å²) in [6.07, 6.45) is 1.94. The van der Waals surface area contributed by atoms with E-state index in [2.05, 4.69) is 4.98 Å². The van der Waals surface area contributed by atoms with Crippen molar-refractivity contribution >= 4 is 23.2 Å². The molecule has 3 nitrogen and oxygen atoms in total. The van der Waals surface area contributed by atoms with E-state index in [4.69, 9.17) is 23.2 Å². The first-order valence-electron chi connectivity index (χ1n) is 6.26. The van der Waals surface area contributed by atoms with E-state index in [1.165, 1.54) is 22.8 Å². The van der Waals surface area contributed by atoms with E-state index in [1.54, 1.807) is 6.07 Å². The number of nitrogens with zero attached hydrogens (tertiary/aromatic N) is 2. The second-order valence-corrected chi connectivity index (χ2v) is 5.63. The molecule has 0 atom stereocenters. The zero-order chi connectivity index (χ0) is 14.3. The van der Waals surface area contributed by atoms with Crippen molar-refractivity contribution in [2.45, 2.75) is 25.3 Å². The highest BCUT2D eigenvalue weighted by Crippen LogP contribution is 2.39. The molecule has 104 valence electrons. The van der Waals surface area contributed by atoms with Gasteiger partial charge in [0.05, 0.1) is 6.54 Å². The summed E-state index contributed by atoms with van der Waals surface area (Å²) in [5.74, 6) is 0.412. The lowest BCUT2D eigenvalue weighted by Gasteiger charge is -2.13. The van der Waals surface area contributed by atoms with Gasteiger partial charge in [-0.2, -0.15) is 0 Å². The van der Waals surface area contributed by atoms with Gasteiger partial charge in [-0.3, -0.25) is 9.36 Å². The van der Waals surface area contributed by atoms with Gasteiger partial charge in [0.15, 0.2) is 0 Å². The molecule has 1 saturated carbocycles. The zero-order valence-corrected chi connectivity index (χ0v) is 12.0. The standard InChI is InChI=1S/C14H11Cl2FN2O/c15-10-2-1-3-11(17)9(10)7-19-13(20)6-12(16)18-14(19)8-4-5-8/h1-3,6,8H,4-5,7H2. The maximum atomic E-state index is 13.8. The summed E-state index contributed by atoms with van der Waals surface area (Å²) >= 11 is 11.8. The molecule has 20 heavy (non-hydrogen) atoms. The first kappa shape index (κ1) is 13.6. The predicted molar refractivity (Wildman–Crippen MR) is 76.0 cm³/mol. The van der Waals surface area contributed by atoms with Crippen molar-refractivity contribution in [3.8, 4) is 0 Å². The molecule has 0 aliphatic heterocycles. The Morgan fingerprint density at radius 3 is 2.75 bits per heavy atom. The number of hydrogen-bond donors (Lipinski definition) is 0. The third-order valence-electron chi connectivity index (χ3n) is 3.33. The van der Waals surface area contributed by atoms with Gasteiger partial charge in [0.1, 0.15) is 16.8 Å². The molecule has 3 rings (SSSR count). The molecule has 0 amide bonds. The second-order valence-electron chi connectivity index (χ2n) is 4.84. The summed E-state index contributed by atoms with van der Waals surface area (Å²) in [6.45, 7) is 0.0698. The van der Waals surface area contributed by atoms with Crippen LogP contribution in [0.5, 0.6) is 0 Å². The molecule has 6 heteroatoms. The molecular formula is C14H11Cl2FN2O. The van der Waals surface area contributed by atoms with Crippen LogP contribution >= 0.6 is 23.2 Å². The fourth-order valence-corrected chi connectivity index (χ4v) is 2.55. The van der Waals surface area contributed by atoms with Crippen molar-refractivity contribution in [3.05, 3.63) is 62.0 Å². The molecule has 0 bridgehead atoms. The molecule has 2 aromatic rings. The van der Waals surface area contributed by atoms with Crippen LogP contribution in [0.2, 0.25) is 10.2 Å². The summed E-state index contributed by atoms with van der Waals surface area (Å²) in [6, 6.07) is 5.70. The lowest BCUT2D eigenvalue weighted by atomic mass is 10.2. The van der Waals surface area contributed by atoms with Gasteiger partial charge < -0.3 is 0 Å². The zero-order valence-electron chi connectivity index (χ0n) is 10.4. The Kier molecular flexibility index (Phi) is 3.52. The number of aromatic nitrogens is 2. The average molecular weight is 313 g/mol. The SMILES string of the molecule is O=c1cc(Cl)nc(C2CC2)n1Cc1c(F)cccc1Cl. The minimum atomic E-state index is -0.430. The fourth-order valence-electron chi connectivity index (χ4n) is 2.15. The monoisotopic (exact) mass is 312 g/mol. The lowest BCUT2D eigenvalue weighted by molar-refractivity contribution is 0.585. The maximum absolute atomic E-state index is 13.8. The van der Waals surface area contributed by atoms with Crippen molar-refractivity contribution in [2.24, 2.45) is 0 Å². The number of rotatable bonds is 3. The van der Waals surface area contributed by atoms with Crippen molar-refractivity contribution in [1.82, 2.24) is 9.55 Å². The van der Waals surface area contributed by atoms with E-state index >= 15 is 0 Å². The summed E-state index contributed by atoms with van der Waals surface area (Å²) in [4.78, 5) is 16.3. The van der Waals surface area contributed by atoms with Crippen molar-refractivity contribution < 1.29 is 4.39 Å². The molecule has 1 heterocycles. The van der Waals surface area contributed by atoms with Gasteiger partial charge in [-0.15, -0.1) is 0 Å². The van der Waals surface area contributed by atoms with Crippen LogP contribution < -0.4 is 5.56 Å². The van der Waals surface area contributed by atoms with Gasteiger partial charge in [-0.25, -0.2) is 9.37 Å². The first-order valence-corrected chi connectivity index (χ1v) is 7.02. The van der Waals surface area contributed by atoms with E-state index in [1.807, 2.05) is 0 Å². The van der Waals surface area contributed by atoms with E-state index in [0.717, 1.165) is 12.8 Å². The Labute approximate surface area is 125 Å². The van der Waals surface area contributed by atoms with Crippen LogP contribution in [-0.4, -0.2) is 9.55 Å². The van der Waals surface area contributed by atoms with Crippen LogP contribution in [0.15, 0.2) is 29.1 Å². The minimum Gasteiger partial charge on any atom is -0.292 e. The van der Waals surface area contributed by atoms with E-state index in [0.29, 0.717) is 16.4 Å². The van der Waals surface area contributed by atoms with Crippen molar-refractivity contribution in [1.29, 1.82) is 0 Å².